The number of rotatable bonds is 17. The highest BCUT2D eigenvalue weighted by Crippen LogP contribution is 2.02. The fourth-order valence-electron chi connectivity index (χ4n) is 2.35. The van der Waals surface area contributed by atoms with Crippen molar-refractivity contribution in [1.82, 2.24) is 10.2 Å². The third-order valence-corrected chi connectivity index (χ3v) is 3.94. The van der Waals surface area contributed by atoms with E-state index in [9.17, 15) is 24.0 Å². The summed E-state index contributed by atoms with van der Waals surface area (Å²) >= 11 is 0. The molecule has 1 rings (SSSR count). The van der Waals surface area contributed by atoms with Crippen LogP contribution in [0.3, 0.4) is 0 Å². The second-order valence-electron chi connectivity index (χ2n) is 6.28. The first-order chi connectivity index (χ1) is 14.3. The molecule has 0 saturated heterocycles. The summed E-state index contributed by atoms with van der Waals surface area (Å²) in [7, 11) is 0. The molecule has 5 N–H and O–H groups in total. The van der Waals surface area contributed by atoms with Crippen molar-refractivity contribution >= 4 is 29.5 Å². The Morgan fingerprint density at radius 2 is 1.40 bits per heavy atom. The van der Waals surface area contributed by atoms with Gasteiger partial charge in [0.05, 0.1) is 46.2 Å². The van der Waals surface area contributed by atoms with Gasteiger partial charge in [0.1, 0.15) is 6.04 Å². The van der Waals surface area contributed by atoms with Crippen LogP contribution >= 0.6 is 0 Å². The Morgan fingerprint density at radius 3 is 1.93 bits per heavy atom. The van der Waals surface area contributed by atoms with E-state index in [4.69, 9.17) is 25.7 Å². The minimum Gasteiger partial charge on any atom is -0.379 e. The molecule has 0 spiro atoms. The summed E-state index contributed by atoms with van der Waals surface area (Å²) in [5.41, 5.74) is 10.2. The summed E-state index contributed by atoms with van der Waals surface area (Å²) in [6.45, 7) is 1.70. The van der Waals surface area contributed by atoms with Gasteiger partial charge in [0.25, 0.3) is 11.8 Å². The van der Waals surface area contributed by atoms with Crippen LogP contribution in [0.15, 0.2) is 12.2 Å². The van der Waals surface area contributed by atoms with Crippen LogP contribution in [0, 0.1) is 0 Å². The monoisotopic (exact) mass is 428 g/mol. The Bertz CT molecular complexity index is 634. The lowest BCUT2D eigenvalue weighted by Gasteiger charge is -2.14. The van der Waals surface area contributed by atoms with Crippen LogP contribution in [0.5, 0.6) is 0 Å². The van der Waals surface area contributed by atoms with E-state index in [0.29, 0.717) is 19.8 Å². The molecule has 0 saturated carbocycles. The number of ether oxygens (including phenoxy) is 3. The molecular formula is C18H28N4O8. The van der Waals surface area contributed by atoms with E-state index >= 15 is 0 Å². The SMILES string of the molecule is NC(=O)CCC(NC(=O)CCOCCOCCOCCN1C(=O)C=CC1=O)C(N)=O. The summed E-state index contributed by atoms with van der Waals surface area (Å²) in [5.74, 6) is -2.44. The van der Waals surface area contributed by atoms with Gasteiger partial charge in [-0.05, 0) is 6.42 Å². The van der Waals surface area contributed by atoms with E-state index in [-0.39, 0.29) is 57.4 Å². The standard InChI is InChI=1S/C18H28N4O8/c19-14(23)2-1-13(18(20)27)21-15(24)5-7-28-9-11-30-12-10-29-8-6-22-16(25)3-4-17(22)26/h3-4,13H,1-2,5-12H2,(H2,19,23)(H2,20,27)(H,21,24). The summed E-state index contributed by atoms with van der Waals surface area (Å²) < 4.78 is 15.8. The lowest BCUT2D eigenvalue weighted by Crippen LogP contribution is -2.45. The lowest BCUT2D eigenvalue weighted by molar-refractivity contribution is -0.137. The quantitative estimate of drug-likeness (QED) is 0.169. The van der Waals surface area contributed by atoms with Crippen molar-refractivity contribution in [1.29, 1.82) is 0 Å². The molecular weight excluding hydrogens is 400 g/mol. The topological polar surface area (TPSA) is 180 Å². The number of carbonyl (C=O) groups excluding carboxylic acids is 5. The third kappa shape index (κ3) is 10.6. The second-order valence-corrected chi connectivity index (χ2v) is 6.28. The van der Waals surface area contributed by atoms with Gasteiger partial charge in [0.2, 0.25) is 17.7 Å². The number of hydrogen-bond acceptors (Lipinski definition) is 8. The molecule has 0 aromatic rings. The van der Waals surface area contributed by atoms with E-state index in [0.717, 1.165) is 4.90 Å². The van der Waals surface area contributed by atoms with Crippen molar-refractivity contribution < 1.29 is 38.2 Å². The molecule has 1 atom stereocenters. The highest BCUT2D eigenvalue weighted by Gasteiger charge is 2.22. The molecule has 0 aliphatic carbocycles. The van der Waals surface area contributed by atoms with Gasteiger partial charge in [-0.1, -0.05) is 0 Å². The second kappa shape index (κ2) is 14.2. The van der Waals surface area contributed by atoms with E-state index in [1.807, 2.05) is 0 Å². The highest BCUT2D eigenvalue weighted by atomic mass is 16.5. The van der Waals surface area contributed by atoms with Gasteiger partial charge in [0, 0.05) is 25.0 Å². The van der Waals surface area contributed by atoms with Gasteiger partial charge in [-0.25, -0.2) is 0 Å². The maximum atomic E-state index is 11.8. The van der Waals surface area contributed by atoms with Crippen molar-refractivity contribution in [2.24, 2.45) is 11.5 Å². The smallest absolute Gasteiger partial charge is 0.253 e. The number of primary amides is 2. The molecule has 1 heterocycles. The normalized spacial score (nSPS) is 14.2. The zero-order valence-corrected chi connectivity index (χ0v) is 16.7. The summed E-state index contributed by atoms with van der Waals surface area (Å²) in [4.78, 5) is 57.5. The summed E-state index contributed by atoms with van der Waals surface area (Å²) in [6.07, 6.45) is 2.45. The van der Waals surface area contributed by atoms with Crippen LogP contribution < -0.4 is 16.8 Å². The first-order valence-corrected chi connectivity index (χ1v) is 9.45. The fourth-order valence-corrected chi connectivity index (χ4v) is 2.35. The van der Waals surface area contributed by atoms with Gasteiger partial charge in [-0.15, -0.1) is 0 Å². The maximum absolute atomic E-state index is 11.8. The Hall–Kier alpha value is -2.83. The lowest BCUT2D eigenvalue weighted by atomic mass is 10.1. The van der Waals surface area contributed by atoms with Crippen LogP contribution in [-0.4, -0.2) is 86.7 Å². The van der Waals surface area contributed by atoms with E-state index in [1.165, 1.54) is 12.2 Å². The number of imide groups is 1. The molecule has 1 aliphatic heterocycles. The van der Waals surface area contributed by atoms with Gasteiger partial charge in [0.15, 0.2) is 0 Å². The minimum absolute atomic E-state index is 0.0201. The molecule has 1 aliphatic rings. The molecule has 0 radical (unpaired) electrons. The van der Waals surface area contributed by atoms with Crippen LogP contribution in [-0.2, 0) is 38.2 Å². The van der Waals surface area contributed by atoms with Crippen LogP contribution in [0.1, 0.15) is 19.3 Å². The van der Waals surface area contributed by atoms with Gasteiger partial charge >= 0.3 is 0 Å². The molecule has 12 heteroatoms. The number of hydrogen-bond donors (Lipinski definition) is 3. The van der Waals surface area contributed by atoms with Crippen molar-refractivity contribution in [3.05, 3.63) is 12.2 Å². The molecule has 0 aromatic carbocycles. The van der Waals surface area contributed by atoms with Crippen LogP contribution in [0.25, 0.3) is 0 Å². The molecule has 168 valence electrons. The Morgan fingerprint density at radius 1 is 0.867 bits per heavy atom. The van der Waals surface area contributed by atoms with Crippen molar-refractivity contribution in [3.63, 3.8) is 0 Å². The Kier molecular flexibility index (Phi) is 11.9. The fraction of sp³-hybridized carbons (Fsp3) is 0.611. The molecule has 0 aromatic heterocycles. The first kappa shape index (κ1) is 25.2. The third-order valence-electron chi connectivity index (χ3n) is 3.94. The Labute approximate surface area is 173 Å². The minimum atomic E-state index is -0.952. The number of nitrogens with two attached hydrogens (primary N) is 2. The predicted octanol–water partition coefficient (Wildman–Crippen LogP) is -2.41. The van der Waals surface area contributed by atoms with Crippen molar-refractivity contribution in [2.75, 3.05) is 46.2 Å². The van der Waals surface area contributed by atoms with Crippen LogP contribution in [0.4, 0.5) is 0 Å². The van der Waals surface area contributed by atoms with Crippen molar-refractivity contribution in [2.45, 2.75) is 25.3 Å². The summed E-state index contributed by atoms with van der Waals surface area (Å²) in [5, 5.41) is 2.43. The van der Waals surface area contributed by atoms with Gasteiger partial charge in [-0.2, -0.15) is 0 Å². The molecule has 0 fully saturated rings. The predicted molar refractivity (Wildman–Crippen MR) is 102 cm³/mol. The molecule has 1 unspecified atom stereocenters. The number of carbonyl (C=O) groups is 5. The van der Waals surface area contributed by atoms with Gasteiger partial charge < -0.3 is 31.0 Å². The number of nitrogens with one attached hydrogen (secondary N) is 1. The zero-order chi connectivity index (χ0) is 22.4. The average molecular weight is 428 g/mol. The summed E-state index contributed by atoms with van der Waals surface area (Å²) in [6, 6.07) is -0.952. The Balaban J connectivity index is 1.95. The highest BCUT2D eigenvalue weighted by molar-refractivity contribution is 6.12. The molecule has 12 nitrogen and oxygen atoms in total. The van der Waals surface area contributed by atoms with E-state index < -0.39 is 23.8 Å². The largest absolute Gasteiger partial charge is 0.379 e. The number of amides is 5. The average Bonchev–Trinajstić information content (AvgIpc) is 3.00. The zero-order valence-electron chi connectivity index (χ0n) is 16.7. The number of nitrogens with zero attached hydrogens (tertiary/aromatic N) is 1. The molecule has 5 amide bonds. The first-order valence-electron chi connectivity index (χ1n) is 9.45. The van der Waals surface area contributed by atoms with Crippen molar-refractivity contribution in [3.8, 4) is 0 Å². The van der Waals surface area contributed by atoms with E-state index in [2.05, 4.69) is 5.32 Å². The van der Waals surface area contributed by atoms with E-state index in [1.54, 1.807) is 0 Å². The van der Waals surface area contributed by atoms with Crippen LogP contribution in [0.2, 0.25) is 0 Å². The molecule has 0 bridgehead atoms. The molecule has 30 heavy (non-hydrogen) atoms. The maximum Gasteiger partial charge on any atom is 0.253 e. The van der Waals surface area contributed by atoms with Gasteiger partial charge in [-0.3, -0.25) is 28.9 Å².